The van der Waals surface area contributed by atoms with Crippen molar-refractivity contribution in [1.82, 2.24) is 10.2 Å². The molecule has 1 fully saturated rings. The Balaban J connectivity index is 1.10. The van der Waals surface area contributed by atoms with Crippen LogP contribution in [0.3, 0.4) is 0 Å². The lowest BCUT2D eigenvalue weighted by Crippen LogP contribution is -2.37. The average molecular weight is 452 g/mol. The number of carbonyl (C=O) groups is 1. The summed E-state index contributed by atoms with van der Waals surface area (Å²) >= 11 is 0. The Bertz CT molecular complexity index is 971. The van der Waals surface area contributed by atoms with Crippen LogP contribution in [-0.2, 0) is 12.1 Å². The molecule has 2 amide bonds. The molecule has 9 heteroatoms. The number of hydrogen-bond donors (Lipinski definition) is 2. The molecule has 0 unspecified atom stereocenters. The molecule has 8 nitrogen and oxygen atoms in total. The zero-order chi connectivity index (χ0) is 23.1. The van der Waals surface area contributed by atoms with Gasteiger partial charge in [-0.2, -0.15) is 0 Å². The molecule has 0 spiro atoms. The van der Waals surface area contributed by atoms with Gasteiger partial charge >= 0.3 is 6.03 Å². The van der Waals surface area contributed by atoms with E-state index in [1.165, 1.54) is 5.56 Å². The molecule has 2 heterocycles. The molecule has 4 rings (SSSR count). The summed E-state index contributed by atoms with van der Waals surface area (Å²) in [5.74, 6) is 0.479. The largest absolute Gasteiger partial charge is 0.338 e. The van der Waals surface area contributed by atoms with Gasteiger partial charge in [0.05, 0.1) is 0 Å². The molecule has 0 aromatic heterocycles. The van der Waals surface area contributed by atoms with Crippen LogP contribution in [0.5, 0.6) is 0 Å². The van der Waals surface area contributed by atoms with E-state index in [4.69, 9.17) is 0 Å². The summed E-state index contributed by atoms with van der Waals surface area (Å²) in [6.07, 6.45) is 4.24. The van der Waals surface area contributed by atoms with Gasteiger partial charge in [-0.3, -0.25) is 0 Å². The minimum absolute atomic E-state index is 0.177. The van der Waals surface area contributed by atoms with Crippen LogP contribution in [0.1, 0.15) is 37.3 Å². The predicted molar refractivity (Wildman–Crippen MR) is 124 cm³/mol. The third-order valence-corrected chi connectivity index (χ3v) is 6.29. The van der Waals surface area contributed by atoms with E-state index in [0.717, 1.165) is 50.9 Å². The van der Waals surface area contributed by atoms with Gasteiger partial charge in [0.15, 0.2) is 0 Å². The number of rotatable bonds is 8. The van der Waals surface area contributed by atoms with E-state index >= 15 is 0 Å². The Kier molecular flexibility index (Phi) is 7.39. The van der Waals surface area contributed by atoms with Crippen molar-refractivity contribution in [3.8, 4) is 0 Å². The molecule has 0 saturated carbocycles. The average Bonchev–Trinajstić information content (AvgIpc) is 3.27. The maximum Gasteiger partial charge on any atom is 0.319 e. The fourth-order valence-corrected chi connectivity index (χ4v) is 4.27. The van der Waals surface area contributed by atoms with Gasteiger partial charge in [0.25, 0.3) is 0 Å². The smallest absolute Gasteiger partial charge is 0.319 e. The minimum atomic E-state index is -0.782. The lowest BCUT2D eigenvalue weighted by molar-refractivity contribution is 0.182. The van der Waals surface area contributed by atoms with Crippen LogP contribution in [0.25, 0.3) is 0 Å². The van der Waals surface area contributed by atoms with Crippen LogP contribution in [-0.4, -0.2) is 37.1 Å². The zero-order valence-electron chi connectivity index (χ0n) is 18.9. The number of halogens is 1. The fourth-order valence-electron chi connectivity index (χ4n) is 4.27. The molecule has 2 aromatic carbocycles. The van der Waals surface area contributed by atoms with E-state index in [9.17, 15) is 9.18 Å². The highest BCUT2D eigenvalue weighted by Gasteiger charge is 2.29. The van der Waals surface area contributed by atoms with E-state index < -0.39 is 5.66 Å². The first kappa shape index (κ1) is 23.0. The van der Waals surface area contributed by atoms with Crippen LogP contribution in [0, 0.1) is 11.7 Å². The minimum Gasteiger partial charge on any atom is -0.338 e. The maximum atomic E-state index is 13.1. The van der Waals surface area contributed by atoms with Gasteiger partial charge < -0.3 is 15.5 Å². The number of hydrogen-bond acceptors (Lipinski definition) is 6. The molecule has 1 saturated heterocycles. The normalized spacial score (nSPS) is 17.9. The number of benzene rings is 2. The Morgan fingerprint density at radius 1 is 1.06 bits per heavy atom. The van der Waals surface area contributed by atoms with E-state index in [1.807, 2.05) is 43.3 Å². The van der Waals surface area contributed by atoms with Crippen LogP contribution in [0.2, 0.25) is 0 Å². The van der Waals surface area contributed by atoms with Crippen molar-refractivity contribution < 1.29 is 9.18 Å². The van der Waals surface area contributed by atoms with Gasteiger partial charge in [-0.05, 0) is 98.4 Å². The Hall–Kier alpha value is -3.20. The van der Waals surface area contributed by atoms with Gasteiger partial charge in [0.1, 0.15) is 5.82 Å². The van der Waals surface area contributed by atoms with Crippen LogP contribution >= 0.6 is 0 Å². The molecule has 0 bridgehead atoms. The van der Waals surface area contributed by atoms with E-state index in [2.05, 4.69) is 36.2 Å². The second kappa shape index (κ2) is 10.6. The molecule has 0 radical (unpaired) electrons. The van der Waals surface area contributed by atoms with Crippen LogP contribution in [0.4, 0.5) is 14.9 Å². The maximum absolute atomic E-state index is 13.1. The number of piperidine rings is 1. The summed E-state index contributed by atoms with van der Waals surface area (Å²) in [4.78, 5) is 14.6. The zero-order valence-corrected chi connectivity index (χ0v) is 18.9. The lowest BCUT2D eigenvalue weighted by Gasteiger charge is -2.32. The topological polar surface area (TPSA) is 93.8 Å². The van der Waals surface area contributed by atoms with Crippen molar-refractivity contribution in [2.75, 3.05) is 31.5 Å². The van der Waals surface area contributed by atoms with Crippen molar-refractivity contribution in [3.63, 3.8) is 0 Å². The molecule has 2 aliphatic rings. The number of urea groups is 1. The van der Waals surface area contributed by atoms with E-state index in [1.54, 1.807) is 12.1 Å². The highest BCUT2D eigenvalue weighted by atomic mass is 19.1. The van der Waals surface area contributed by atoms with E-state index in [-0.39, 0.29) is 11.8 Å². The molecule has 0 atom stereocenters. The number of likely N-dealkylation sites (tertiary alicyclic amines) is 1. The van der Waals surface area contributed by atoms with Crippen molar-refractivity contribution in [1.29, 1.82) is 0 Å². The number of amides is 2. The molecule has 33 heavy (non-hydrogen) atoms. The summed E-state index contributed by atoms with van der Waals surface area (Å²) in [6.45, 7) is 5.57. The van der Waals surface area contributed by atoms with Crippen molar-refractivity contribution in [2.45, 2.75) is 38.3 Å². The standard InChI is InChI=1S/C24H30FN7O/c1-24(28-30-31-29-24)20-5-9-22(10-6-20)27-23(33)26-13-2-14-32-15-11-19(12-16-32)17-18-3-7-21(25)8-4-18/h3-10,19H,2,11-17H2,1H3,(H2,26,27,33). The van der Waals surface area contributed by atoms with E-state index in [0.29, 0.717) is 18.2 Å². The number of nitrogens with one attached hydrogen (secondary N) is 2. The number of anilines is 1. The summed E-state index contributed by atoms with van der Waals surface area (Å²) in [5, 5.41) is 20.9. The second-order valence-electron chi connectivity index (χ2n) is 8.83. The van der Waals surface area contributed by atoms with Crippen molar-refractivity contribution >= 4 is 11.7 Å². The summed E-state index contributed by atoms with van der Waals surface area (Å²) in [5.41, 5.74) is 1.99. The monoisotopic (exact) mass is 451 g/mol. The third-order valence-electron chi connectivity index (χ3n) is 6.29. The first-order valence-corrected chi connectivity index (χ1v) is 11.5. The SMILES string of the molecule is CC1(c2ccc(NC(=O)NCCCN3CCC(Cc4ccc(F)cc4)CC3)cc2)N=NN=N1. The van der Waals surface area contributed by atoms with Crippen LogP contribution in [0.15, 0.2) is 69.2 Å². The van der Waals surface area contributed by atoms with Gasteiger partial charge in [0, 0.05) is 17.8 Å². The molecule has 174 valence electrons. The fraction of sp³-hybridized carbons (Fsp3) is 0.458. The Labute approximate surface area is 193 Å². The highest BCUT2D eigenvalue weighted by Crippen LogP contribution is 2.32. The van der Waals surface area contributed by atoms with Crippen LogP contribution < -0.4 is 10.6 Å². The van der Waals surface area contributed by atoms with Gasteiger partial charge in [-0.25, -0.2) is 9.18 Å². The third kappa shape index (κ3) is 6.41. The first-order chi connectivity index (χ1) is 16.0. The summed E-state index contributed by atoms with van der Waals surface area (Å²) in [6, 6.07) is 14.0. The Morgan fingerprint density at radius 3 is 2.39 bits per heavy atom. The van der Waals surface area contributed by atoms with Gasteiger partial charge in [0.2, 0.25) is 5.66 Å². The van der Waals surface area contributed by atoms with Gasteiger partial charge in [-0.15, -0.1) is 10.2 Å². The van der Waals surface area contributed by atoms with Crippen molar-refractivity contribution in [2.24, 2.45) is 26.6 Å². The molecular formula is C24H30FN7O. The highest BCUT2D eigenvalue weighted by molar-refractivity contribution is 5.89. The number of carbonyl (C=O) groups excluding carboxylic acids is 1. The molecule has 2 aliphatic heterocycles. The molecule has 2 aromatic rings. The molecule has 2 N–H and O–H groups in total. The summed E-state index contributed by atoms with van der Waals surface area (Å²) < 4.78 is 13.1. The molecular weight excluding hydrogens is 421 g/mol. The number of nitrogens with zero attached hydrogens (tertiary/aromatic N) is 5. The quantitative estimate of drug-likeness (QED) is 0.533. The second-order valence-corrected chi connectivity index (χ2v) is 8.83. The first-order valence-electron chi connectivity index (χ1n) is 11.5. The van der Waals surface area contributed by atoms with Gasteiger partial charge in [-0.1, -0.05) is 24.3 Å². The predicted octanol–water partition coefficient (Wildman–Crippen LogP) is 5.30. The molecule has 0 aliphatic carbocycles. The van der Waals surface area contributed by atoms with Crippen molar-refractivity contribution in [3.05, 3.63) is 65.5 Å². The lowest BCUT2D eigenvalue weighted by atomic mass is 9.90. The Morgan fingerprint density at radius 2 is 1.73 bits per heavy atom. The summed E-state index contributed by atoms with van der Waals surface area (Å²) in [7, 11) is 0.